The number of rotatable bonds is 4. The van der Waals surface area contributed by atoms with Gasteiger partial charge in [-0.15, -0.1) is 0 Å². The summed E-state index contributed by atoms with van der Waals surface area (Å²) in [5, 5.41) is 3.23. The molecular formula is C18H22FN. The molecule has 106 valence electrons. The van der Waals surface area contributed by atoms with Gasteiger partial charge < -0.3 is 5.32 Å². The molecule has 0 saturated carbocycles. The molecule has 0 radical (unpaired) electrons. The van der Waals surface area contributed by atoms with Gasteiger partial charge in [0, 0.05) is 6.04 Å². The quantitative estimate of drug-likeness (QED) is 0.781. The SMILES string of the molecule is Cc1ccc(NC(C)c2ccc(C(C)C)cc2)c(F)c1. The van der Waals surface area contributed by atoms with Gasteiger partial charge in [-0.2, -0.15) is 0 Å². The molecule has 0 aromatic heterocycles. The zero-order valence-electron chi connectivity index (χ0n) is 12.6. The van der Waals surface area contributed by atoms with Crippen LogP contribution in [0.1, 0.15) is 49.4 Å². The first-order valence-corrected chi connectivity index (χ1v) is 7.10. The van der Waals surface area contributed by atoms with E-state index in [1.165, 1.54) is 5.56 Å². The van der Waals surface area contributed by atoms with Crippen LogP contribution in [0.15, 0.2) is 42.5 Å². The second-order valence-corrected chi connectivity index (χ2v) is 5.67. The Balaban J connectivity index is 2.13. The van der Waals surface area contributed by atoms with Crippen molar-refractivity contribution in [2.45, 2.75) is 39.7 Å². The first-order valence-electron chi connectivity index (χ1n) is 7.10. The standard InChI is InChI=1S/C18H22FN/c1-12(2)15-6-8-16(9-7-15)14(4)20-18-10-5-13(3)11-17(18)19/h5-12,14,20H,1-4H3. The maximum absolute atomic E-state index is 13.8. The molecule has 0 fully saturated rings. The Kier molecular flexibility index (Phi) is 4.43. The van der Waals surface area contributed by atoms with Gasteiger partial charge in [-0.05, 0) is 48.6 Å². The Morgan fingerprint density at radius 2 is 1.50 bits per heavy atom. The van der Waals surface area contributed by atoms with E-state index in [0.717, 1.165) is 11.1 Å². The molecule has 20 heavy (non-hydrogen) atoms. The Labute approximate surface area is 120 Å². The molecule has 0 saturated heterocycles. The maximum atomic E-state index is 13.8. The fraction of sp³-hybridized carbons (Fsp3) is 0.333. The molecule has 0 aliphatic carbocycles. The van der Waals surface area contributed by atoms with Crippen LogP contribution in [-0.2, 0) is 0 Å². The first kappa shape index (κ1) is 14.6. The van der Waals surface area contributed by atoms with Crippen LogP contribution in [0.5, 0.6) is 0 Å². The fourth-order valence-electron chi connectivity index (χ4n) is 2.22. The zero-order chi connectivity index (χ0) is 14.7. The van der Waals surface area contributed by atoms with Gasteiger partial charge in [-0.25, -0.2) is 4.39 Å². The van der Waals surface area contributed by atoms with Gasteiger partial charge >= 0.3 is 0 Å². The van der Waals surface area contributed by atoms with Gasteiger partial charge in [0.1, 0.15) is 5.82 Å². The van der Waals surface area contributed by atoms with Gasteiger partial charge in [0.15, 0.2) is 0 Å². The number of halogens is 1. The Hall–Kier alpha value is -1.83. The van der Waals surface area contributed by atoms with Crippen molar-refractivity contribution < 1.29 is 4.39 Å². The van der Waals surface area contributed by atoms with Gasteiger partial charge in [0.2, 0.25) is 0 Å². The van der Waals surface area contributed by atoms with Crippen LogP contribution < -0.4 is 5.32 Å². The second-order valence-electron chi connectivity index (χ2n) is 5.67. The van der Waals surface area contributed by atoms with Gasteiger partial charge in [-0.1, -0.05) is 44.2 Å². The van der Waals surface area contributed by atoms with Crippen molar-refractivity contribution in [2.75, 3.05) is 5.32 Å². The van der Waals surface area contributed by atoms with E-state index in [4.69, 9.17) is 0 Å². The Morgan fingerprint density at radius 1 is 0.900 bits per heavy atom. The van der Waals surface area contributed by atoms with Gasteiger partial charge in [0.25, 0.3) is 0 Å². The van der Waals surface area contributed by atoms with E-state index in [9.17, 15) is 4.39 Å². The van der Waals surface area contributed by atoms with Crippen molar-refractivity contribution >= 4 is 5.69 Å². The smallest absolute Gasteiger partial charge is 0.146 e. The van der Waals surface area contributed by atoms with Crippen LogP contribution >= 0.6 is 0 Å². The normalized spacial score (nSPS) is 12.5. The van der Waals surface area contributed by atoms with E-state index in [1.54, 1.807) is 12.1 Å². The van der Waals surface area contributed by atoms with E-state index in [0.29, 0.717) is 11.6 Å². The lowest BCUT2D eigenvalue weighted by atomic mass is 9.99. The molecule has 2 aromatic carbocycles. The molecule has 0 heterocycles. The summed E-state index contributed by atoms with van der Waals surface area (Å²) in [5.41, 5.74) is 3.97. The van der Waals surface area contributed by atoms with Crippen LogP contribution in [0.2, 0.25) is 0 Å². The van der Waals surface area contributed by atoms with Crippen molar-refractivity contribution in [3.8, 4) is 0 Å². The average molecular weight is 271 g/mol. The summed E-state index contributed by atoms with van der Waals surface area (Å²) in [6.07, 6.45) is 0. The zero-order valence-corrected chi connectivity index (χ0v) is 12.6. The summed E-state index contributed by atoms with van der Waals surface area (Å²) < 4.78 is 13.8. The monoisotopic (exact) mass is 271 g/mol. The van der Waals surface area contributed by atoms with E-state index >= 15 is 0 Å². The van der Waals surface area contributed by atoms with Crippen LogP contribution in [0.3, 0.4) is 0 Å². The molecule has 1 atom stereocenters. The van der Waals surface area contributed by atoms with Crippen molar-refractivity contribution in [1.82, 2.24) is 0 Å². The van der Waals surface area contributed by atoms with Gasteiger partial charge in [-0.3, -0.25) is 0 Å². The number of anilines is 1. The lowest BCUT2D eigenvalue weighted by molar-refractivity contribution is 0.626. The van der Waals surface area contributed by atoms with Crippen molar-refractivity contribution in [2.24, 2.45) is 0 Å². The summed E-state index contributed by atoms with van der Waals surface area (Å²) >= 11 is 0. The molecule has 0 amide bonds. The molecule has 0 aliphatic heterocycles. The van der Waals surface area contributed by atoms with E-state index in [2.05, 4.69) is 43.4 Å². The lowest BCUT2D eigenvalue weighted by Gasteiger charge is -2.17. The maximum Gasteiger partial charge on any atom is 0.146 e. The van der Waals surface area contributed by atoms with E-state index in [-0.39, 0.29) is 11.9 Å². The third-order valence-corrected chi connectivity index (χ3v) is 3.60. The summed E-state index contributed by atoms with van der Waals surface area (Å²) in [7, 11) is 0. The fourth-order valence-corrected chi connectivity index (χ4v) is 2.22. The third kappa shape index (κ3) is 3.38. The molecule has 0 aliphatic rings. The molecule has 1 unspecified atom stereocenters. The number of hydrogen-bond acceptors (Lipinski definition) is 1. The highest BCUT2D eigenvalue weighted by atomic mass is 19.1. The molecule has 0 spiro atoms. The summed E-state index contributed by atoms with van der Waals surface area (Å²) in [4.78, 5) is 0. The van der Waals surface area contributed by atoms with Gasteiger partial charge in [0.05, 0.1) is 5.69 Å². The highest BCUT2D eigenvalue weighted by Gasteiger charge is 2.09. The second kappa shape index (κ2) is 6.08. The number of benzene rings is 2. The summed E-state index contributed by atoms with van der Waals surface area (Å²) in [5.74, 6) is 0.331. The van der Waals surface area contributed by atoms with E-state index < -0.39 is 0 Å². The molecule has 0 bridgehead atoms. The lowest BCUT2D eigenvalue weighted by Crippen LogP contribution is -2.08. The molecular weight excluding hydrogens is 249 g/mol. The number of nitrogens with one attached hydrogen (secondary N) is 1. The minimum atomic E-state index is -0.198. The van der Waals surface area contributed by atoms with Crippen LogP contribution in [0, 0.1) is 12.7 Å². The Morgan fingerprint density at radius 3 is 2.05 bits per heavy atom. The third-order valence-electron chi connectivity index (χ3n) is 3.60. The molecule has 1 N–H and O–H groups in total. The van der Waals surface area contributed by atoms with Crippen molar-refractivity contribution in [3.05, 3.63) is 65.0 Å². The molecule has 2 heteroatoms. The predicted molar refractivity (Wildman–Crippen MR) is 83.7 cm³/mol. The van der Waals surface area contributed by atoms with Crippen molar-refractivity contribution in [3.63, 3.8) is 0 Å². The van der Waals surface area contributed by atoms with Crippen molar-refractivity contribution in [1.29, 1.82) is 0 Å². The molecule has 2 rings (SSSR count). The average Bonchev–Trinajstić information content (AvgIpc) is 2.42. The number of hydrogen-bond donors (Lipinski definition) is 1. The van der Waals surface area contributed by atoms with Crippen LogP contribution in [-0.4, -0.2) is 0 Å². The minimum Gasteiger partial charge on any atom is -0.376 e. The largest absolute Gasteiger partial charge is 0.376 e. The topological polar surface area (TPSA) is 12.0 Å². The van der Waals surface area contributed by atoms with E-state index in [1.807, 2.05) is 19.9 Å². The summed E-state index contributed by atoms with van der Waals surface area (Å²) in [6.45, 7) is 8.29. The highest BCUT2D eigenvalue weighted by molar-refractivity contribution is 5.48. The molecule has 2 aromatic rings. The minimum absolute atomic E-state index is 0.0772. The number of aryl methyl sites for hydroxylation is 1. The first-order chi connectivity index (χ1) is 9.47. The predicted octanol–water partition coefficient (Wildman–Crippen LogP) is 5.43. The summed E-state index contributed by atoms with van der Waals surface area (Å²) in [6, 6.07) is 13.8. The highest BCUT2D eigenvalue weighted by Crippen LogP contribution is 2.24. The molecule has 1 nitrogen and oxygen atoms in total. The van der Waals surface area contributed by atoms with Crippen LogP contribution in [0.4, 0.5) is 10.1 Å². The van der Waals surface area contributed by atoms with Crippen LogP contribution in [0.25, 0.3) is 0 Å². The Bertz CT molecular complexity index is 572.